The lowest BCUT2D eigenvalue weighted by molar-refractivity contribution is 0.108. The third-order valence-corrected chi connectivity index (χ3v) is 5.82. The van der Waals surface area contributed by atoms with Crippen molar-refractivity contribution in [3.05, 3.63) is 0 Å². The van der Waals surface area contributed by atoms with Crippen LogP contribution in [0.15, 0.2) is 0 Å². The van der Waals surface area contributed by atoms with Crippen molar-refractivity contribution in [3.8, 4) is 0 Å². The molecule has 0 spiro atoms. The molecule has 0 radical (unpaired) electrons. The van der Waals surface area contributed by atoms with Gasteiger partial charge in [0.05, 0.1) is 0 Å². The molecule has 1 aliphatic carbocycles. The molecule has 1 saturated heterocycles. The molecule has 0 bridgehead atoms. The van der Waals surface area contributed by atoms with E-state index in [9.17, 15) is 0 Å². The molecule has 2 N–H and O–H groups in total. The van der Waals surface area contributed by atoms with Crippen LogP contribution in [0.3, 0.4) is 0 Å². The number of nitrogens with two attached hydrogens (primary N) is 1. The summed E-state index contributed by atoms with van der Waals surface area (Å²) in [7, 11) is 0. The molecule has 0 amide bonds. The Balaban J connectivity index is 1.78. The molecule has 2 heteroatoms. The number of rotatable bonds is 6. The summed E-state index contributed by atoms with van der Waals surface area (Å²) >= 11 is 0. The molecule has 2 aliphatic rings. The second kappa shape index (κ2) is 5.27. The average molecular weight is 238 g/mol. The van der Waals surface area contributed by atoms with Crippen molar-refractivity contribution < 1.29 is 0 Å². The Morgan fingerprint density at radius 1 is 1.06 bits per heavy atom. The fourth-order valence-corrected chi connectivity index (χ4v) is 3.67. The SMILES string of the molecule is CCC1(CC)CCN(CCC2(CN)CCC2)C1. The van der Waals surface area contributed by atoms with Crippen molar-refractivity contribution in [2.24, 2.45) is 16.6 Å². The van der Waals surface area contributed by atoms with Crippen LogP contribution < -0.4 is 5.73 Å². The quantitative estimate of drug-likeness (QED) is 0.771. The first kappa shape index (κ1) is 13.4. The van der Waals surface area contributed by atoms with Gasteiger partial charge in [0.25, 0.3) is 0 Å². The van der Waals surface area contributed by atoms with E-state index in [1.54, 1.807) is 0 Å². The van der Waals surface area contributed by atoms with Gasteiger partial charge in [0, 0.05) is 6.54 Å². The van der Waals surface area contributed by atoms with Crippen molar-refractivity contribution in [1.29, 1.82) is 0 Å². The highest BCUT2D eigenvalue weighted by Gasteiger charge is 2.38. The standard InChI is InChI=1S/C15H30N2/c1-3-14(4-2)8-10-17(13-14)11-9-15(12-16)6-5-7-15/h3-13,16H2,1-2H3. The third kappa shape index (κ3) is 2.68. The third-order valence-electron chi connectivity index (χ3n) is 5.82. The van der Waals surface area contributed by atoms with Crippen LogP contribution in [0.5, 0.6) is 0 Å². The summed E-state index contributed by atoms with van der Waals surface area (Å²) in [5, 5.41) is 0. The summed E-state index contributed by atoms with van der Waals surface area (Å²) in [6.45, 7) is 9.58. The molecule has 0 aromatic heterocycles. The fourth-order valence-electron chi connectivity index (χ4n) is 3.67. The largest absolute Gasteiger partial charge is 0.330 e. The van der Waals surface area contributed by atoms with Crippen LogP contribution in [0.2, 0.25) is 0 Å². The van der Waals surface area contributed by atoms with E-state index in [1.165, 1.54) is 64.6 Å². The molecule has 0 unspecified atom stereocenters. The summed E-state index contributed by atoms with van der Waals surface area (Å²) < 4.78 is 0. The van der Waals surface area contributed by atoms with E-state index < -0.39 is 0 Å². The highest BCUT2D eigenvalue weighted by Crippen LogP contribution is 2.44. The Hall–Kier alpha value is -0.0800. The number of hydrogen-bond acceptors (Lipinski definition) is 2. The van der Waals surface area contributed by atoms with E-state index in [4.69, 9.17) is 5.73 Å². The van der Waals surface area contributed by atoms with Crippen molar-refractivity contribution in [1.82, 2.24) is 4.90 Å². The minimum absolute atomic E-state index is 0.531. The van der Waals surface area contributed by atoms with Gasteiger partial charge in [-0.2, -0.15) is 0 Å². The maximum atomic E-state index is 5.94. The van der Waals surface area contributed by atoms with Gasteiger partial charge in [0.2, 0.25) is 0 Å². The summed E-state index contributed by atoms with van der Waals surface area (Å²) in [4.78, 5) is 2.70. The molecule has 2 rings (SSSR count). The summed E-state index contributed by atoms with van der Waals surface area (Å²) in [6.07, 6.45) is 9.62. The topological polar surface area (TPSA) is 29.3 Å². The first-order valence-electron chi connectivity index (χ1n) is 7.60. The number of nitrogens with zero attached hydrogens (tertiary/aromatic N) is 1. The predicted molar refractivity (Wildman–Crippen MR) is 74.0 cm³/mol. The molecule has 0 aromatic rings. The Kier molecular flexibility index (Phi) is 4.14. The van der Waals surface area contributed by atoms with E-state index in [1.807, 2.05) is 0 Å². The molecule has 1 saturated carbocycles. The zero-order chi connectivity index (χ0) is 12.4. The molecule has 100 valence electrons. The second-order valence-electron chi connectivity index (χ2n) is 6.54. The van der Waals surface area contributed by atoms with E-state index >= 15 is 0 Å². The van der Waals surface area contributed by atoms with Gasteiger partial charge in [-0.1, -0.05) is 20.3 Å². The summed E-state index contributed by atoms with van der Waals surface area (Å²) in [5.41, 5.74) is 7.11. The Labute approximate surface area is 107 Å². The van der Waals surface area contributed by atoms with Crippen molar-refractivity contribution >= 4 is 0 Å². The first-order valence-corrected chi connectivity index (χ1v) is 7.60. The molecule has 2 nitrogen and oxygen atoms in total. The smallest absolute Gasteiger partial charge is 0.00382 e. The minimum atomic E-state index is 0.531. The van der Waals surface area contributed by atoms with Crippen LogP contribution in [-0.2, 0) is 0 Å². The normalized spacial score (nSPS) is 27.0. The van der Waals surface area contributed by atoms with Gasteiger partial charge in [-0.3, -0.25) is 0 Å². The molecule has 2 fully saturated rings. The van der Waals surface area contributed by atoms with Crippen LogP contribution in [0, 0.1) is 10.8 Å². The molecular weight excluding hydrogens is 208 g/mol. The Bertz CT molecular complexity index is 236. The lowest BCUT2D eigenvalue weighted by Gasteiger charge is -2.42. The van der Waals surface area contributed by atoms with Crippen LogP contribution in [0.1, 0.15) is 58.8 Å². The molecule has 17 heavy (non-hydrogen) atoms. The zero-order valence-electron chi connectivity index (χ0n) is 11.8. The number of likely N-dealkylation sites (tertiary alicyclic amines) is 1. The highest BCUT2D eigenvalue weighted by molar-refractivity contribution is 4.92. The highest BCUT2D eigenvalue weighted by atomic mass is 15.2. The van der Waals surface area contributed by atoms with E-state index in [0.29, 0.717) is 10.8 Å². The van der Waals surface area contributed by atoms with Gasteiger partial charge in [0.1, 0.15) is 0 Å². The molecule has 1 aliphatic heterocycles. The lowest BCUT2D eigenvalue weighted by atomic mass is 9.66. The first-order chi connectivity index (χ1) is 8.17. The Morgan fingerprint density at radius 3 is 2.18 bits per heavy atom. The fraction of sp³-hybridized carbons (Fsp3) is 1.00. The monoisotopic (exact) mass is 238 g/mol. The lowest BCUT2D eigenvalue weighted by Crippen LogP contribution is -2.40. The second-order valence-corrected chi connectivity index (χ2v) is 6.54. The number of hydrogen-bond donors (Lipinski definition) is 1. The van der Waals surface area contributed by atoms with Gasteiger partial charge in [-0.15, -0.1) is 0 Å². The van der Waals surface area contributed by atoms with Crippen LogP contribution in [-0.4, -0.2) is 31.1 Å². The zero-order valence-corrected chi connectivity index (χ0v) is 11.8. The maximum absolute atomic E-state index is 5.94. The van der Waals surface area contributed by atoms with Crippen molar-refractivity contribution in [2.75, 3.05) is 26.2 Å². The molecule has 0 aromatic carbocycles. The maximum Gasteiger partial charge on any atom is 0.00382 e. The van der Waals surface area contributed by atoms with Crippen LogP contribution >= 0.6 is 0 Å². The van der Waals surface area contributed by atoms with E-state index in [2.05, 4.69) is 18.7 Å². The molecule has 0 atom stereocenters. The molecule has 1 heterocycles. The van der Waals surface area contributed by atoms with Crippen molar-refractivity contribution in [2.45, 2.75) is 58.8 Å². The van der Waals surface area contributed by atoms with E-state index in [-0.39, 0.29) is 0 Å². The molecular formula is C15H30N2. The summed E-state index contributed by atoms with van der Waals surface area (Å²) in [5.74, 6) is 0. The summed E-state index contributed by atoms with van der Waals surface area (Å²) in [6, 6.07) is 0. The van der Waals surface area contributed by atoms with Crippen molar-refractivity contribution in [3.63, 3.8) is 0 Å². The Morgan fingerprint density at radius 2 is 1.76 bits per heavy atom. The predicted octanol–water partition coefficient (Wildman–Crippen LogP) is 3.02. The van der Waals surface area contributed by atoms with Gasteiger partial charge in [-0.25, -0.2) is 0 Å². The minimum Gasteiger partial charge on any atom is -0.330 e. The van der Waals surface area contributed by atoms with Gasteiger partial charge in [0.15, 0.2) is 0 Å². The van der Waals surface area contributed by atoms with Gasteiger partial charge < -0.3 is 10.6 Å². The average Bonchev–Trinajstić information content (AvgIpc) is 2.73. The van der Waals surface area contributed by atoms with Crippen LogP contribution in [0.25, 0.3) is 0 Å². The van der Waals surface area contributed by atoms with Crippen LogP contribution in [0.4, 0.5) is 0 Å². The van der Waals surface area contributed by atoms with Gasteiger partial charge >= 0.3 is 0 Å². The van der Waals surface area contributed by atoms with Gasteiger partial charge in [-0.05, 0) is 69.0 Å². The van der Waals surface area contributed by atoms with E-state index in [0.717, 1.165) is 6.54 Å².